The maximum atomic E-state index is 12.1. The molecular weight excluding hydrogens is 258 g/mol. The number of carbonyl (C=O) groups is 2. The predicted octanol–water partition coefficient (Wildman–Crippen LogP) is 1.48. The van der Waals surface area contributed by atoms with Crippen LogP contribution in [0.1, 0.15) is 36.2 Å². The smallest absolute Gasteiger partial charge is 0.354 e. The van der Waals surface area contributed by atoms with Crippen molar-refractivity contribution < 1.29 is 14.7 Å². The molecule has 108 valence electrons. The third-order valence-electron chi connectivity index (χ3n) is 3.80. The van der Waals surface area contributed by atoms with E-state index in [0.717, 1.165) is 25.7 Å². The number of carboxylic acids is 1. The highest BCUT2D eigenvalue weighted by Gasteiger charge is 2.25. The van der Waals surface area contributed by atoms with Crippen LogP contribution in [0.15, 0.2) is 18.3 Å². The molecule has 6 nitrogen and oxygen atoms in total. The first kappa shape index (κ1) is 14.5. The van der Waals surface area contributed by atoms with E-state index in [9.17, 15) is 9.59 Å². The molecule has 1 amide bonds. The van der Waals surface area contributed by atoms with Crippen LogP contribution in [0, 0.1) is 11.8 Å². The van der Waals surface area contributed by atoms with Gasteiger partial charge in [-0.2, -0.15) is 0 Å². The number of anilines is 1. The van der Waals surface area contributed by atoms with Crippen molar-refractivity contribution in [2.24, 2.45) is 17.6 Å². The second kappa shape index (κ2) is 6.47. The minimum absolute atomic E-state index is 0.0111. The normalized spacial score (nSPS) is 22.2. The Morgan fingerprint density at radius 3 is 2.50 bits per heavy atom. The molecule has 0 unspecified atom stereocenters. The van der Waals surface area contributed by atoms with Crippen LogP contribution < -0.4 is 11.1 Å². The van der Waals surface area contributed by atoms with Gasteiger partial charge < -0.3 is 16.2 Å². The van der Waals surface area contributed by atoms with Crippen LogP contribution in [0.3, 0.4) is 0 Å². The fourth-order valence-corrected chi connectivity index (χ4v) is 2.50. The van der Waals surface area contributed by atoms with E-state index in [1.165, 1.54) is 12.3 Å². The summed E-state index contributed by atoms with van der Waals surface area (Å²) in [5.74, 6) is -0.555. The predicted molar refractivity (Wildman–Crippen MR) is 74.3 cm³/mol. The van der Waals surface area contributed by atoms with Crippen molar-refractivity contribution in [3.63, 3.8) is 0 Å². The standard InChI is InChI=1S/C14H19N3O3/c15-7-9-1-3-10(4-2-9)13(18)17-11-5-6-12(14(19)20)16-8-11/h5-6,8-10H,1-4,7,15H2,(H,17,18)(H,19,20). The average Bonchev–Trinajstić information content (AvgIpc) is 2.48. The van der Waals surface area contributed by atoms with E-state index in [-0.39, 0.29) is 17.5 Å². The van der Waals surface area contributed by atoms with Crippen molar-refractivity contribution in [2.75, 3.05) is 11.9 Å². The van der Waals surface area contributed by atoms with Crippen LogP contribution >= 0.6 is 0 Å². The summed E-state index contributed by atoms with van der Waals surface area (Å²) < 4.78 is 0. The maximum Gasteiger partial charge on any atom is 0.354 e. The highest BCUT2D eigenvalue weighted by Crippen LogP contribution is 2.28. The van der Waals surface area contributed by atoms with Gasteiger partial charge in [0.2, 0.25) is 5.91 Å². The lowest BCUT2D eigenvalue weighted by Crippen LogP contribution is -2.29. The van der Waals surface area contributed by atoms with E-state index < -0.39 is 5.97 Å². The minimum Gasteiger partial charge on any atom is -0.477 e. The number of aromatic nitrogens is 1. The first-order valence-electron chi connectivity index (χ1n) is 6.80. The van der Waals surface area contributed by atoms with Gasteiger partial charge in [-0.05, 0) is 50.3 Å². The number of rotatable bonds is 4. The van der Waals surface area contributed by atoms with Gasteiger partial charge >= 0.3 is 5.97 Å². The second-order valence-corrected chi connectivity index (χ2v) is 5.18. The van der Waals surface area contributed by atoms with Gasteiger partial charge in [-0.25, -0.2) is 9.78 Å². The van der Waals surface area contributed by atoms with E-state index in [2.05, 4.69) is 10.3 Å². The quantitative estimate of drug-likeness (QED) is 0.773. The molecule has 0 saturated heterocycles. The van der Waals surface area contributed by atoms with Gasteiger partial charge in [-0.15, -0.1) is 0 Å². The summed E-state index contributed by atoms with van der Waals surface area (Å²) in [4.78, 5) is 26.5. The molecule has 0 aliphatic heterocycles. The number of hydrogen-bond donors (Lipinski definition) is 3. The topological polar surface area (TPSA) is 105 Å². The fourth-order valence-electron chi connectivity index (χ4n) is 2.50. The summed E-state index contributed by atoms with van der Waals surface area (Å²) >= 11 is 0. The monoisotopic (exact) mass is 277 g/mol. The molecule has 1 aromatic rings. The van der Waals surface area contributed by atoms with Crippen molar-refractivity contribution in [1.82, 2.24) is 4.98 Å². The number of nitrogens with zero attached hydrogens (tertiary/aromatic N) is 1. The van der Waals surface area contributed by atoms with Crippen molar-refractivity contribution in [2.45, 2.75) is 25.7 Å². The third-order valence-corrected chi connectivity index (χ3v) is 3.80. The van der Waals surface area contributed by atoms with E-state index in [4.69, 9.17) is 10.8 Å². The largest absolute Gasteiger partial charge is 0.477 e. The number of amides is 1. The molecule has 1 heterocycles. The lowest BCUT2D eigenvalue weighted by atomic mass is 9.81. The Labute approximate surface area is 117 Å². The van der Waals surface area contributed by atoms with E-state index in [1.807, 2.05) is 0 Å². The van der Waals surface area contributed by atoms with Gasteiger partial charge in [0, 0.05) is 5.92 Å². The summed E-state index contributed by atoms with van der Waals surface area (Å²) in [7, 11) is 0. The molecule has 6 heteroatoms. The average molecular weight is 277 g/mol. The van der Waals surface area contributed by atoms with Crippen LogP contribution in [0.25, 0.3) is 0 Å². The molecule has 20 heavy (non-hydrogen) atoms. The number of carboxylic acid groups (broad SMARTS) is 1. The molecule has 1 saturated carbocycles. The number of pyridine rings is 1. The molecule has 0 spiro atoms. The molecular formula is C14H19N3O3. The zero-order chi connectivity index (χ0) is 14.5. The molecule has 0 bridgehead atoms. The minimum atomic E-state index is -1.08. The molecule has 0 aromatic carbocycles. The summed E-state index contributed by atoms with van der Waals surface area (Å²) in [6.07, 6.45) is 5.06. The number of hydrogen-bond acceptors (Lipinski definition) is 4. The second-order valence-electron chi connectivity index (χ2n) is 5.18. The summed E-state index contributed by atoms with van der Waals surface area (Å²) in [5.41, 5.74) is 6.12. The van der Waals surface area contributed by atoms with Crippen molar-refractivity contribution in [3.8, 4) is 0 Å². The molecule has 4 N–H and O–H groups in total. The zero-order valence-corrected chi connectivity index (χ0v) is 11.2. The van der Waals surface area contributed by atoms with Gasteiger partial charge in [0.15, 0.2) is 0 Å². The lowest BCUT2D eigenvalue weighted by molar-refractivity contribution is -0.121. The van der Waals surface area contributed by atoms with E-state index in [1.54, 1.807) is 6.07 Å². The van der Waals surface area contributed by atoms with Gasteiger partial charge in [0.25, 0.3) is 0 Å². The van der Waals surface area contributed by atoms with Crippen molar-refractivity contribution in [1.29, 1.82) is 0 Å². The first-order valence-corrected chi connectivity index (χ1v) is 6.80. The Hall–Kier alpha value is -1.95. The Morgan fingerprint density at radius 1 is 1.30 bits per heavy atom. The van der Waals surface area contributed by atoms with Gasteiger partial charge in [-0.3, -0.25) is 4.79 Å². The van der Waals surface area contributed by atoms with Crippen LogP contribution in [0.5, 0.6) is 0 Å². The Balaban J connectivity index is 1.90. The molecule has 1 fully saturated rings. The van der Waals surface area contributed by atoms with Crippen LogP contribution in [0.4, 0.5) is 5.69 Å². The van der Waals surface area contributed by atoms with Crippen LogP contribution in [0.2, 0.25) is 0 Å². The number of nitrogens with one attached hydrogen (secondary N) is 1. The summed E-state index contributed by atoms with van der Waals surface area (Å²) in [6.45, 7) is 0.689. The molecule has 1 aliphatic rings. The molecule has 0 radical (unpaired) electrons. The zero-order valence-electron chi connectivity index (χ0n) is 11.2. The third kappa shape index (κ3) is 3.54. The maximum absolute atomic E-state index is 12.1. The van der Waals surface area contributed by atoms with Crippen molar-refractivity contribution >= 4 is 17.6 Å². The van der Waals surface area contributed by atoms with Crippen molar-refractivity contribution in [3.05, 3.63) is 24.0 Å². The number of aromatic carboxylic acids is 1. The fraction of sp³-hybridized carbons (Fsp3) is 0.500. The van der Waals surface area contributed by atoms with Crippen LogP contribution in [-0.2, 0) is 4.79 Å². The van der Waals surface area contributed by atoms with E-state index >= 15 is 0 Å². The number of nitrogens with two attached hydrogens (primary N) is 1. The molecule has 1 aliphatic carbocycles. The highest BCUT2D eigenvalue weighted by atomic mass is 16.4. The Bertz CT molecular complexity index is 479. The van der Waals surface area contributed by atoms with Crippen LogP contribution in [-0.4, -0.2) is 28.5 Å². The first-order chi connectivity index (χ1) is 9.60. The Kier molecular flexibility index (Phi) is 4.68. The number of carbonyl (C=O) groups excluding carboxylic acids is 1. The highest BCUT2D eigenvalue weighted by molar-refractivity contribution is 5.93. The van der Waals surface area contributed by atoms with E-state index in [0.29, 0.717) is 18.2 Å². The molecule has 0 atom stereocenters. The summed E-state index contributed by atoms with van der Waals surface area (Å²) in [6, 6.07) is 2.93. The van der Waals surface area contributed by atoms with Gasteiger partial charge in [0.1, 0.15) is 5.69 Å². The molecule has 1 aromatic heterocycles. The Morgan fingerprint density at radius 2 is 2.00 bits per heavy atom. The molecule has 2 rings (SSSR count). The summed E-state index contributed by atoms with van der Waals surface area (Å²) in [5, 5.41) is 11.5. The SMILES string of the molecule is NCC1CCC(C(=O)Nc2ccc(C(=O)O)nc2)CC1. The van der Waals surface area contributed by atoms with Gasteiger partial charge in [0.05, 0.1) is 11.9 Å². The van der Waals surface area contributed by atoms with Gasteiger partial charge in [-0.1, -0.05) is 0 Å². The lowest BCUT2D eigenvalue weighted by Gasteiger charge is -2.26.